The molecule has 0 bridgehead atoms. The molecular formula is C25H29N5O2. The second-order valence-electron chi connectivity index (χ2n) is 8.33. The zero-order valence-corrected chi connectivity index (χ0v) is 19.1. The van der Waals surface area contributed by atoms with E-state index >= 15 is 0 Å². The highest BCUT2D eigenvalue weighted by molar-refractivity contribution is 5.60. The molecule has 0 unspecified atom stereocenters. The van der Waals surface area contributed by atoms with Gasteiger partial charge in [-0.2, -0.15) is 15.8 Å². The van der Waals surface area contributed by atoms with Gasteiger partial charge < -0.3 is 15.2 Å². The van der Waals surface area contributed by atoms with Crippen molar-refractivity contribution in [2.24, 2.45) is 17.1 Å². The number of hydrogen-bond acceptors (Lipinski definition) is 7. The first kappa shape index (κ1) is 23.2. The van der Waals surface area contributed by atoms with Crippen molar-refractivity contribution in [3.8, 4) is 29.7 Å². The van der Waals surface area contributed by atoms with Gasteiger partial charge in [0.2, 0.25) is 0 Å². The molecule has 1 heterocycles. The molecule has 1 aromatic rings. The van der Waals surface area contributed by atoms with E-state index in [0.717, 1.165) is 17.7 Å². The highest BCUT2D eigenvalue weighted by Crippen LogP contribution is 2.54. The lowest BCUT2D eigenvalue weighted by atomic mass is 9.58. The number of ether oxygens (including phenoxy) is 2. The minimum absolute atomic E-state index is 0.0305. The number of fused-ring (bicyclic) bond motifs is 1. The van der Waals surface area contributed by atoms with Crippen LogP contribution in [0.1, 0.15) is 39.2 Å². The largest absolute Gasteiger partial charge is 0.490 e. The fraction of sp³-hybridized carbons (Fsp3) is 0.480. The first-order chi connectivity index (χ1) is 15.4. The predicted molar refractivity (Wildman–Crippen MR) is 120 cm³/mol. The SMILES string of the molecule is CCOc1cc([C@H]2[C@H]3CN(CC)CC=C3C(C#N)=C(N)C2(C#N)C#N)ccc1OC(C)C. The van der Waals surface area contributed by atoms with Crippen molar-refractivity contribution in [2.75, 3.05) is 26.2 Å². The first-order valence-corrected chi connectivity index (χ1v) is 11.0. The average molecular weight is 432 g/mol. The van der Waals surface area contributed by atoms with Crippen molar-refractivity contribution >= 4 is 0 Å². The van der Waals surface area contributed by atoms with Crippen LogP contribution in [0.3, 0.4) is 0 Å². The van der Waals surface area contributed by atoms with Crippen LogP contribution in [0.4, 0.5) is 0 Å². The van der Waals surface area contributed by atoms with Crippen LogP contribution in [0.5, 0.6) is 11.5 Å². The highest BCUT2D eigenvalue weighted by Gasteiger charge is 2.54. The molecule has 1 aliphatic carbocycles. The minimum atomic E-state index is -1.66. The topological polar surface area (TPSA) is 119 Å². The van der Waals surface area contributed by atoms with Gasteiger partial charge in [0.05, 0.1) is 36.1 Å². The molecule has 0 amide bonds. The van der Waals surface area contributed by atoms with Gasteiger partial charge in [0.1, 0.15) is 6.07 Å². The number of rotatable bonds is 6. The Kier molecular flexibility index (Phi) is 6.78. The van der Waals surface area contributed by atoms with Gasteiger partial charge in [0.15, 0.2) is 16.9 Å². The van der Waals surface area contributed by atoms with Gasteiger partial charge in [-0.05, 0) is 50.6 Å². The van der Waals surface area contributed by atoms with Crippen LogP contribution in [0.2, 0.25) is 0 Å². The molecular weight excluding hydrogens is 402 g/mol. The first-order valence-electron chi connectivity index (χ1n) is 11.0. The molecule has 7 heteroatoms. The molecule has 0 aromatic heterocycles. The number of nitriles is 3. The molecule has 3 rings (SSSR count). The number of nitrogens with two attached hydrogens (primary N) is 1. The van der Waals surface area contributed by atoms with Crippen molar-refractivity contribution in [3.63, 3.8) is 0 Å². The van der Waals surface area contributed by atoms with Crippen LogP contribution in [-0.4, -0.2) is 37.2 Å². The van der Waals surface area contributed by atoms with Crippen LogP contribution in [0, 0.1) is 45.3 Å². The summed E-state index contributed by atoms with van der Waals surface area (Å²) in [6, 6.07) is 12.1. The Balaban J connectivity index is 2.26. The van der Waals surface area contributed by atoms with Crippen molar-refractivity contribution in [1.82, 2.24) is 4.90 Å². The smallest absolute Gasteiger partial charge is 0.191 e. The van der Waals surface area contributed by atoms with Gasteiger partial charge in [-0.3, -0.25) is 4.90 Å². The maximum Gasteiger partial charge on any atom is 0.191 e. The second-order valence-corrected chi connectivity index (χ2v) is 8.33. The zero-order valence-electron chi connectivity index (χ0n) is 19.1. The van der Waals surface area contributed by atoms with Crippen LogP contribution < -0.4 is 15.2 Å². The number of benzene rings is 1. The van der Waals surface area contributed by atoms with E-state index in [0.29, 0.717) is 31.2 Å². The monoisotopic (exact) mass is 431 g/mol. The lowest BCUT2D eigenvalue weighted by Gasteiger charge is -2.45. The molecule has 0 radical (unpaired) electrons. The van der Waals surface area contributed by atoms with Crippen molar-refractivity contribution in [1.29, 1.82) is 15.8 Å². The fourth-order valence-electron chi connectivity index (χ4n) is 4.71. The fourth-order valence-corrected chi connectivity index (χ4v) is 4.71. The Morgan fingerprint density at radius 3 is 2.47 bits per heavy atom. The molecule has 1 aliphatic heterocycles. The predicted octanol–water partition coefficient (Wildman–Crippen LogP) is 3.62. The van der Waals surface area contributed by atoms with E-state index in [-0.39, 0.29) is 23.3 Å². The quantitative estimate of drug-likeness (QED) is 0.730. The summed E-state index contributed by atoms with van der Waals surface area (Å²) in [5.74, 6) is 0.390. The Bertz CT molecular complexity index is 1050. The van der Waals surface area contributed by atoms with Crippen LogP contribution >= 0.6 is 0 Å². The average Bonchev–Trinajstić information content (AvgIpc) is 2.79. The molecule has 32 heavy (non-hydrogen) atoms. The summed E-state index contributed by atoms with van der Waals surface area (Å²) in [6.07, 6.45) is 1.98. The summed E-state index contributed by atoms with van der Waals surface area (Å²) in [6.45, 7) is 10.4. The Labute approximate surface area is 189 Å². The van der Waals surface area contributed by atoms with E-state index in [9.17, 15) is 15.8 Å². The summed E-state index contributed by atoms with van der Waals surface area (Å²) in [4.78, 5) is 2.23. The molecule has 166 valence electrons. The number of hydrogen-bond donors (Lipinski definition) is 1. The lowest BCUT2D eigenvalue weighted by molar-refractivity contribution is 0.212. The third-order valence-electron chi connectivity index (χ3n) is 6.18. The highest BCUT2D eigenvalue weighted by atomic mass is 16.5. The van der Waals surface area contributed by atoms with E-state index in [2.05, 4.69) is 30.0 Å². The molecule has 0 spiro atoms. The van der Waals surface area contributed by atoms with Gasteiger partial charge in [-0.25, -0.2) is 0 Å². The van der Waals surface area contributed by atoms with Crippen LogP contribution in [0.25, 0.3) is 0 Å². The zero-order chi connectivity index (χ0) is 23.5. The van der Waals surface area contributed by atoms with Gasteiger partial charge in [-0.15, -0.1) is 0 Å². The maximum absolute atomic E-state index is 10.2. The Morgan fingerprint density at radius 2 is 1.91 bits per heavy atom. The lowest BCUT2D eigenvalue weighted by Crippen LogP contribution is -2.48. The summed E-state index contributed by atoms with van der Waals surface area (Å²) in [5, 5.41) is 30.3. The van der Waals surface area contributed by atoms with Crippen molar-refractivity contribution in [2.45, 2.75) is 39.7 Å². The maximum atomic E-state index is 10.2. The van der Waals surface area contributed by atoms with Gasteiger partial charge in [0, 0.05) is 24.9 Å². The molecule has 2 N–H and O–H groups in total. The summed E-state index contributed by atoms with van der Waals surface area (Å²) in [5.41, 5.74) is 6.60. The van der Waals surface area contributed by atoms with Gasteiger partial charge >= 0.3 is 0 Å². The number of likely N-dealkylation sites (N-methyl/N-ethyl adjacent to an activating group) is 1. The van der Waals surface area contributed by atoms with E-state index in [1.807, 2.05) is 45.0 Å². The third-order valence-corrected chi connectivity index (χ3v) is 6.18. The molecule has 0 saturated heterocycles. The summed E-state index contributed by atoms with van der Waals surface area (Å²) < 4.78 is 11.7. The van der Waals surface area contributed by atoms with E-state index in [4.69, 9.17) is 15.2 Å². The standard InChI is InChI=1S/C25H29N5O2/c1-5-30-10-9-18-19(12-26)24(29)25(14-27,15-28)23(20(18)13-30)17-7-8-21(32-16(3)4)22(11-17)31-6-2/h7-9,11,16,20,23H,5-6,10,13,29H2,1-4H3/t20-,23-/m0/s1. The molecule has 0 saturated carbocycles. The Hall–Kier alpha value is -3.47. The molecule has 7 nitrogen and oxygen atoms in total. The van der Waals surface area contributed by atoms with E-state index < -0.39 is 11.3 Å². The molecule has 2 atom stereocenters. The summed E-state index contributed by atoms with van der Waals surface area (Å²) >= 11 is 0. The van der Waals surface area contributed by atoms with Crippen molar-refractivity contribution in [3.05, 3.63) is 46.7 Å². The minimum Gasteiger partial charge on any atom is -0.490 e. The van der Waals surface area contributed by atoms with Crippen molar-refractivity contribution < 1.29 is 9.47 Å². The van der Waals surface area contributed by atoms with Crippen LogP contribution in [0.15, 0.2) is 41.1 Å². The number of nitrogens with zero attached hydrogens (tertiary/aromatic N) is 4. The summed E-state index contributed by atoms with van der Waals surface area (Å²) in [7, 11) is 0. The molecule has 1 aromatic carbocycles. The third kappa shape index (κ3) is 3.79. The van der Waals surface area contributed by atoms with Gasteiger partial charge in [-0.1, -0.05) is 19.1 Å². The van der Waals surface area contributed by atoms with Crippen LogP contribution in [-0.2, 0) is 0 Å². The normalized spacial score (nSPS) is 22.2. The van der Waals surface area contributed by atoms with E-state index in [1.54, 1.807) is 0 Å². The molecule has 2 aliphatic rings. The van der Waals surface area contributed by atoms with Gasteiger partial charge in [0.25, 0.3) is 0 Å². The molecule has 0 fully saturated rings. The second kappa shape index (κ2) is 9.35. The Morgan fingerprint density at radius 1 is 1.19 bits per heavy atom. The van der Waals surface area contributed by atoms with E-state index in [1.165, 1.54) is 0 Å². The number of allylic oxidation sites excluding steroid dienone is 2.